The molecule has 0 atom stereocenters. The third-order valence-electron chi connectivity index (χ3n) is 3.07. The van der Waals surface area contributed by atoms with Crippen molar-refractivity contribution in [3.05, 3.63) is 58.3 Å². The second-order valence-electron chi connectivity index (χ2n) is 6.38. The molecule has 1 amide bonds. The number of carbonyl (C=O) groups excluding carboxylic acids is 1. The molecule has 2 rings (SSSR count). The van der Waals surface area contributed by atoms with E-state index in [4.69, 9.17) is 4.74 Å². The monoisotopic (exact) mass is 376 g/mol. The Hall–Kier alpha value is -1.88. The topological polar surface area (TPSA) is 42.4 Å². The van der Waals surface area contributed by atoms with Crippen molar-refractivity contribution >= 4 is 27.7 Å². The van der Waals surface area contributed by atoms with Gasteiger partial charge in [-0.05, 0) is 51.0 Å². The number of pyridine rings is 1. The molecule has 0 unspecified atom stereocenters. The third-order valence-corrected chi connectivity index (χ3v) is 3.85. The minimum Gasteiger partial charge on any atom is -0.443 e. The first-order chi connectivity index (χ1) is 10.8. The van der Waals surface area contributed by atoms with Gasteiger partial charge in [-0.15, -0.1) is 0 Å². The molecule has 0 spiro atoms. The van der Waals surface area contributed by atoms with Gasteiger partial charge in [0.25, 0.3) is 0 Å². The van der Waals surface area contributed by atoms with Crippen LogP contribution in [0.5, 0.6) is 0 Å². The number of hydrogen-bond acceptors (Lipinski definition) is 3. The number of aromatic nitrogens is 1. The van der Waals surface area contributed by atoms with E-state index < -0.39 is 5.60 Å². The number of nitrogens with zero attached hydrogens (tertiary/aromatic N) is 2. The standard InChI is InChI=1S/C18H21BrN2O2/c1-13-9-15(11-20-10-13)21(17(22)23-18(2,3)4)12-14-7-5-6-8-16(14)19/h5-11H,12H2,1-4H3. The van der Waals surface area contributed by atoms with Crippen molar-refractivity contribution in [1.82, 2.24) is 4.98 Å². The highest BCUT2D eigenvalue weighted by Crippen LogP contribution is 2.24. The highest BCUT2D eigenvalue weighted by Gasteiger charge is 2.24. The largest absolute Gasteiger partial charge is 0.443 e. The number of aryl methyl sites for hydroxylation is 1. The Bertz CT molecular complexity index is 695. The number of ether oxygens (including phenoxy) is 1. The average Bonchev–Trinajstić information content (AvgIpc) is 2.44. The summed E-state index contributed by atoms with van der Waals surface area (Å²) >= 11 is 3.53. The van der Waals surface area contributed by atoms with Crippen molar-refractivity contribution in [3.8, 4) is 0 Å². The zero-order chi connectivity index (χ0) is 17.0. The first kappa shape index (κ1) is 17.5. The zero-order valence-corrected chi connectivity index (χ0v) is 15.4. The van der Waals surface area contributed by atoms with Gasteiger partial charge in [-0.3, -0.25) is 9.88 Å². The number of rotatable bonds is 3. The number of hydrogen-bond donors (Lipinski definition) is 0. The minimum absolute atomic E-state index is 0.388. The van der Waals surface area contributed by atoms with Crippen LogP contribution >= 0.6 is 15.9 Å². The van der Waals surface area contributed by atoms with E-state index in [0.717, 1.165) is 21.3 Å². The number of carbonyl (C=O) groups is 1. The van der Waals surface area contributed by atoms with Crippen LogP contribution in [0.2, 0.25) is 0 Å². The van der Waals surface area contributed by atoms with E-state index in [0.29, 0.717) is 6.54 Å². The molecule has 122 valence electrons. The molecule has 1 heterocycles. The maximum atomic E-state index is 12.6. The fourth-order valence-corrected chi connectivity index (χ4v) is 2.47. The second kappa shape index (κ2) is 7.13. The molecule has 4 nitrogen and oxygen atoms in total. The lowest BCUT2D eigenvalue weighted by atomic mass is 10.2. The predicted molar refractivity (Wildman–Crippen MR) is 95.5 cm³/mol. The van der Waals surface area contributed by atoms with E-state index in [2.05, 4.69) is 20.9 Å². The molecule has 0 aliphatic heterocycles. The molecule has 0 fully saturated rings. The fourth-order valence-electron chi connectivity index (χ4n) is 2.06. The maximum absolute atomic E-state index is 12.6. The molecule has 0 aliphatic carbocycles. The maximum Gasteiger partial charge on any atom is 0.415 e. The van der Waals surface area contributed by atoms with Crippen LogP contribution < -0.4 is 4.90 Å². The van der Waals surface area contributed by atoms with Gasteiger partial charge in [0.2, 0.25) is 0 Å². The summed E-state index contributed by atoms with van der Waals surface area (Å²) in [6.07, 6.45) is 3.05. The van der Waals surface area contributed by atoms with Crippen LogP contribution in [0.3, 0.4) is 0 Å². The van der Waals surface area contributed by atoms with Crippen LogP contribution in [0.25, 0.3) is 0 Å². The molecule has 23 heavy (non-hydrogen) atoms. The van der Waals surface area contributed by atoms with E-state index in [1.54, 1.807) is 17.3 Å². The van der Waals surface area contributed by atoms with Crippen LogP contribution in [-0.2, 0) is 11.3 Å². The number of amides is 1. The summed E-state index contributed by atoms with van der Waals surface area (Å²) in [5.41, 5.74) is 2.15. The molecule has 1 aromatic heterocycles. The molecule has 0 N–H and O–H groups in total. The van der Waals surface area contributed by atoms with Gasteiger partial charge in [-0.1, -0.05) is 34.1 Å². The van der Waals surface area contributed by atoms with Crippen molar-refractivity contribution in [2.45, 2.75) is 39.8 Å². The molecule has 0 radical (unpaired) electrons. The highest BCUT2D eigenvalue weighted by atomic mass is 79.9. The molecule has 1 aromatic carbocycles. The van der Waals surface area contributed by atoms with Crippen molar-refractivity contribution in [2.24, 2.45) is 0 Å². The lowest BCUT2D eigenvalue weighted by molar-refractivity contribution is 0.0577. The predicted octanol–water partition coefficient (Wildman–Crippen LogP) is 5.09. The summed E-state index contributed by atoms with van der Waals surface area (Å²) in [4.78, 5) is 18.4. The zero-order valence-electron chi connectivity index (χ0n) is 13.8. The molecule has 0 saturated carbocycles. The molecule has 2 aromatic rings. The Morgan fingerprint density at radius 2 is 1.96 bits per heavy atom. The number of anilines is 1. The Kier molecular flexibility index (Phi) is 5.42. The smallest absolute Gasteiger partial charge is 0.415 e. The van der Waals surface area contributed by atoms with Gasteiger partial charge in [0, 0.05) is 10.7 Å². The molecule has 0 saturated heterocycles. The molecule has 0 aliphatic rings. The molecule has 0 bridgehead atoms. The van der Waals surface area contributed by atoms with E-state index in [9.17, 15) is 4.79 Å². The lowest BCUT2D eigenvalue weighted by Crippen LogP contribution is -2.36. The average molecular weight is 377 g/mol. The Balaban J connectivity index is 2.35. The van der Waals surface area contributed by atoms with Crippen molar-refractivity contribution in [1.29, 1.82) is 0 Å². The molecular formula is C18H21BrN2O2. The van der Waals surface area contributed by atoms with Crippen LogP contribution in [0.1, 0.15) is 31.9 Å². The van der Waals surface area contributed by atoms with Crippen LogP contribution in [0.15, 0.2) is 47.2 Å². The summed E-state index contributed by atoms with van der Waals surface area (Å²) < 4.78 is 6.50. The number of benzene rings is 1. The van der Waals surface area contributed by atoms with Gasteiger partial charge in [0.05, 0.1) is 18.4 Å². The van der Waals surface area contributed by atoms with E-state index in [1.807, 2.05) is 58.0 Å². The van der Waals surface area contributed by atoms with Crippen LogP contribution in [0, 0.1) is 6.92 Å². The second-order valence-corrected chi connectivity index (χ2v) is 7.23. The Morgan fingerprint density at radius 1 is 1.26 bits per heavy atom. The SMILES string of the molecule is Cc1cncc(N(Cc2ccccc2Br)C(=O)OC(C)(C)C)c1. The first-order valence-electron chi connectivity index (χ1n) is 7.42. The van der Waals surface area contributed by atoms with E-state index in [-0.39, 0.29) is 6.09 Å². The quantitative estimate of drug-likeness (QED) is 0.748. The lowest BCUT2D eigenvalue weighted by Gasteiger charge is -2.27. The van der Waals surface area contributed by atoms with Gasteiger partial charge in [0.15, 0.2) is 0 Å². The Labute approximate surface area is 145 Å². The van der Waals surface area contributed by atoms with Crippen molar-refractivity contribution in [2.75, 3.05) is 4.90 Å². The van der Waals surface area contributed by atoms with Gasteiger partial charge in [-0.2, -0.15) is 0 Å². The first-order valence-corrected chi connectivity index (χ1v) is 8.21. The van der Waals surface area contributed by atoms with Crippen molar-refractivity contribution < 1.29 is 9.53 Å². The normalized spacial score (nSPS) is 11.2. The van der Waals surface area contributed by atoms with Crippen LogP contribution in [0.4, 0.5) is 10.5 Å². The minimum atomic E-state index is -0.555. The summed E-state index contributed by atoms with van der Waals surface area (Å²) in [7, 11) is 0. The fraction of sp³-hybridized carbons (Fsp3) is 0.333. The Morgan fingerprint density at radius 3 is 2.57 bits per heavy atom. The summed E-state index contributed by atoms with van der Waals surface area (Å²) in [5.74, 6) is 0. The summed E-state index contributed by atoms with van der Waals surface area (Å²) in [6.45, 7) is 7.92. The van der Waals surface area contributed by atoms with Crippen molar-refractivity contribution in [3.63, 3.8) is 0 Å². The van der Waals surface area contributed by atoms with Gasteiger partial charge < -0.3 is 4.74 Å². The molecule has 5 heteroatoms. The van der Waals surface area contributed by atoms with Gasteiger partial charge in [0.1, 0.15) is 5.60 Å². The summed E-state index contributed by atoms with van der Waals surface area (Å²) in [5, 5.41) is 0. The number of halogens is 1. The molecular weight excluding hydrogens is 356 g/mol. The van der Waals surface area contributed by atoms with Gasteiger partial charge in [-0.25, -0.2) is 4.79 Å². The third kappa shape index (κ3) is 5.06. The van der Waals surface area contributed by atoms with Crippen LogP contribution in [-0.4, -0.2) is 16.7 Å². The summed E-state index contributed by atoms with van der Waals surface area (Å²) in [6, 6.07) is 9.75. The van der Waals surface area contributed by atoms with E-state index >= 15 is 0 Å². The highest BCUT2D eigenvalue weighted by molar-refractivity contribution is 9.10. The van der Waals surface area contributed by atoms with E-state index in [1.165, 1.54) is 0 Å². The van der Waals surface area contributed by atoms with Gasteiger partial charge >= 0.3 is 6.09 Å².